The van der Waals surface area contributed by atoms with E-state index < -0.39 is 12.0 Å². The predicted molar refractivity (Wildman–Crippen MR) is 47.0 cm³/mol. The molecule has 1 rings (SSSR count). The summed E-state index contributed by atoms with van der Waals surface area (Å²) in [6.07, 6.45) is 2.87. The van der Waals surface area contributed by atoms with Gasteiger partial charge in [0.15, 0.2) is 0 Å². The van der Waals surface area contributed by atoms with E-state index in [-0.39, 0.29) is 11.7 Å². The van der Waals surface area contributed by atoms with Gasteiger partial charge in [-0.05, 0) is 19.3 Å². The normalized spacial score (nSPS) is 24.5. The summed E-state index contributed by atoms with van der Waals surface area (Å²) < 4.78 is 4.48. The molecule has 74 valence electrons. The predicted octanol–water partition coefficient (Wildman–Crippen LogP) is 0.246. The van der Waals surface area contributed by atoms with Crippen LogP contribution in [0.5, 0.6) is 0 Å². The van der Waals surface area contributed by atoms with E-state index >= 15 is 0 Å². The van der Waals surface area contributed by atoms with E-state index in [0.29, 0.717) is 12.8 Å². The molecule has 0 bridgehead atoms. The molecule has 1 aliphatic rings. The summed E-state index contributed by atoms with van der Waals surface area (Å²) in [5.74, 6) is -0.215. The van der Waals surface area contributed by atoms with Crippen LogP contribution in [-0.4, -0.2) is 24.9 Å². The van der Waals surface area contributed by atoms with E-state index in [1.165, 1.54) is 7.11 Å². The van der Waals surface area contributed by atoms with Crippen molar-refractivity contribution in [1.82, 2.24) is 0 Å². The van der Waals surface area contributed by atoms with Crippen LogP contribution in [0.2, 0.25) is 0 Å². The maximum Gasteiger partial charge on any atom is 0.322 e. The Hall–Kier alpha value is -0.900. The minimum Gasteiger partial charge on any atom is -0.468 e. The van der Waals surface area contributed by atoms with Crippen LogP contribution in [-0.2, 0) is 14.3 Å². The summed E-state index contributed by atoms with van der Waals surface area (Å²) in [5, 5.41) is 0. The number of methoxy groups -OCH3 is 1. The Bertz CT molecular complexity index is 215. The van der Waals surface area contributed by atoms with Gasteiger partial charge in [-0.3, -0.25) is 9.59 Å². The zero-order chi connectivity index (χ0) is 9.84. The number of nitrogens with two attached hydrogens (primary N) is 1. The fourth-order valence-corrected chi connectivity index (χ4v) is 1.69. The highest BCUT2D eigenvalue weighted by Crippen LogP contribution is 2.25. The largest absolute Gasteiger partial charge is 0.468 e. The summed E-state index contributed by atoms with van der Waals surface area (Å²) in [7, 11) is 1.30. The highest BCUT2D eigenvalue weighted by molar-refractivity contribution is 5.84. The molecule has 0 amide bonds. The van der Waals surface area contributed by atoms with Gasteiger partial charge in [0.2, 0.25) is 0 Å². The summed E-state index contributed by atoms with van der Waals surface area (Å²) in [6.45, 7) is 0. The molecule has 13 heavy (non-hydrogen) atoms. The van der Waals surface area contributed by atoms with E-state index in [9.17, 15) is 9.59 Å². The molecule has 1 aliphatic carbocycles. The molecule has 0 radical (unpaired) electrons. The third-order valence-corrected chi connectivity index (χ3v) is 2.47. The lowest BCUT2D eigenvalue weighted by Gasteiger charge is -2.12. The minimum atomic E-state index is -0.642. The Morgan fingerprint density at radius 1 is 1.77 bits per heavy atom. The topological polar surface area (TPSA) is 69.4 Å². The van der Waals surface area contributed by atoms with Crippen molar-refractivity contribution < 1.29 is 14.3 Å². The molecule has 1 fully saturated rings. The second-order valence-corrected chi connectivity index (χ2v) is 3.42. The first kappa shape index (κ1) is 10.2. The number of Topliss-reactive ketones (excluding diaryl/α,β-unsaturated/α-hetero) is 1. The number of esters is 1. The fourth-order valence-electron chi connectivity index (χ4n) is 1.69. The molecule has 0 saturated heterocycles. The number of ketones is 1. The van der Waals surface area contributed by atoms with Gasteiger partial charge in [-0.2, -0.15) is 0 Å². The molecule has 0 heterocycles. The Balaban J connectivity index is 2.39. The number of hydrogen-bond donors (Lipinski definition) is 1. The lowest BCUT2D eigenvalue weighted by atomic mass is 9.98. The molecule has 0 aromatic rings. The molecular weight excluding hydrogens is 170 g/mol. The summed E-state index contributed by atoms with van der Waals surface area (Å²) in [6, 6.07) is -0.642. The lowest BCUT2D eigenvalue weighted by Crippen LogP contribution is -2.34. The first-order chi connectivity index (χ1) is 6.15. The number of carbonyl (C=O) groups excluding carboxylic acids is 2. The highest BCUT2D eigenvalue weighted by Gasteiger charge is 2.28. The third kappa shape index (κ3) is 2.52. The van der Waals surface area contributed by atoms with Crippen molar-refractivity contribution >= 4 is 11.8 Å². The van der Waals surface area contributed by atoms with E-state index in [1.807, 2.05) is 0 Å². The van der Waals surface area contributed by atoms with Gasteiger partial charge < -0.3 is 10.5 Å². The van der Waals surface area contributed by atoms with Crippen LogP contribution in [0.25, 0.3) is 0 Å². The van der Waals surface area contributed by atoms with Crippen LogP contribution in [0, 0.1) is 5.92 Å². The Kier molecular flexibility index (Phi) is 3.42. The van der Waals surface area contributed by atoms with Crippen LogP contribution in [0.3, 0.4) is 0 Å². The molecule has 2 atom stereocenters. The Morgan fingerprint density at radius 3 is 2.92 bits per heavy atom. The van der Waals surface area contributed by atoms with Crippen LogP contribution in [0.4, 0.5) is 0 Å². The van der Waals surface area contributed by atoms with Crippen molar-refractivity contribution in [3.8, 4) is 0 Å². The summed E-state index contributed by atoms with van der Waals surface area (Å²) in [5.41, 5.74) is 5.54. The van der Waals surface area contributed by atoms with Crippen molar-refractivity contribution in [2.45, 2.75) is 31.7 Å². The smallest absolute Gasteiger partial charge is 0.322 e. The Labute approximate surface area is 77.4 Å². The molecule has 1 saturated carbocycles. The second kappa shape index (κ2) is 4.37. The van der Waals surface area contributed by atoms with Gasteiger partial charge in [0.05, 0.1) is 7.11 Å². The van der Waals surface area contributed by atoms with Gasteiger partial charge in [-0.25, -0.2) is 0 Å². The average Bonchev–Trinajstić information content (AvgIpc) is 2.50. The zero-order valence-corrected chi connectivity index (χ0v) is 7.79. The van der Waals surface area contributed by atoms with Crippen molar-refractivity contribution in [2.24, 2.45) is 11.7 Å². The number of carbonyl (C=O) groups is 2. The van der Waals surface area contributed by atoms with E-state index in [1.54, 1.807) is 0 Å². The maximum absolute atomic E-state index is 11.2. The third-order valence-electron chi connectivity index (χ3n) is 2.47. The van der Waals surface area contributed by atoms with Crippen LogP contribution in [0.1, 0.15) is 25.7 Å². The molecule has 2 N–H and O–H groups in total. The first-order valence-electron chi connectivity index (χ1n) is 4.51. The maximum atomic E-state index is 11.2. The summed E-state index contributed by atoms with van der Waals surface area (Å²) >= 11 is 0. The second-order valence-electron chi connectivity index (χ2n) is 3.42. The molecule has 0 aromatic heterocycles. The first-order valence-corrected chi connectivity index (χ1v) is 4.51. The van der Waals surface area contributed by atoms with Gasteiger partial charge >= 0.3 is 5.97 Å². The fraction of sp³-hybridized carbons (Fsp3) is 0.778. The van der Waals surface area contributed by atoms with Gasteiger partial charge in [-0.1, -0.05) is 0 Å². The van der Waals surface area contributed by atoms with Gasteiger partial charge in [0.1, 0.15) is 11.8 Å². The minimum absolute atomic E-state index is 0.0194. The molecule has 0 spiro atoms. The van der Waals surface area contributed by atoms with E-state index in [0.717, 1.165) is 12.8 Å². The molecular formula is C9H15NO3. The molecule has 0 aliphatic heterocycles. The Morgan fingerprint density at radius 2 is 2.46 bits per heavy atom. The van der Waals surface area contributed by atoms with Crippen LogP contribution in [0.15, 0.2) is 0 Å². The van der Waals surface area contributed by atoms with Crippen LogP contribution < -0.4 is 5.73 Å². The number of ether oxygens (including phenoxy) is 1. The SMILES string of the molecule is COC(=O)C(N)CC1CCCC1=O. The molecule has 2 unspecified atom stereocenters. The molecule has 0 aromatic carbocycles. The standard InChI is InChI=1S/C9H15NO3/c1-13-9(12)7(10)5-6-3-2-4-8(6)11/h6-7H,2-5,10H2,1H3. The van der Waals surface area contributed by atoms with E-state index in [4.69, 9.17) is 5.73 Å². The highest BCUT2D eigenvalue weighted by atomic mass is 16.5. The van der Waals surface area contributed by atoms with Crippen molar-refractivity contribution in [3.63, 3.8) is 0 Å². The average molecular weight is 185 g/mol. The van der Waals surface area contributed by atoms with Crippen LogP contribution >= 0.6 is 0 Å². The quantitative estimate of drug-likeness (QED) is 0.640. The van der Waals surface area contributed by atoms with Crippen molar-refractivity contribution in [2.75, 3.05) is 7.11 Å². The van der Waals surface area contributed by atoms with E-state index in [2.05, 4.69) is 4.74 Å². The molecule has 4 heteroatoms. The lowest BCUT2D eigenvalue weighted by molar-refractivity contribution is -0.142. The zero-order valence-electron chi connectivity index (χ0n) is 7.79. The monoisotopic (exact) mass is 185 g/mol. The van der Waals surface area contributed by atoms with Gasteiger partial charge in [-0.15, -0.1) is 0 Å². The van der Waals surface area contributed by atoms with Gasteiger partial charge in [0.25, 0.3) is 0 Å². The summed E-state index contributed by atoms with van der Waals surface area (Å²) in [4.78, 5) is 22.2. The van der Waals surface area contributed by atoms with Crippen molar-refractivity contribution in [1.29, 1.82) is 0 Å². The number of hydrogen-bond acceptors (Lipinski definition) is 4. The molecule has 4 nitrogen and oxygen atoms in total. The van der Waals surface area contributed by atoms with Crippen molar-refractivity contribution in [3.05, 3.63) is 0 Å². The van der Waals surface area contributed by atoms with Gasteiger partial charge in [0, 0.05) is 12.3 Å². The number of rotatable bonds is 3.